The predicted molar refractivity (Wildman–Crippen MR) is 82.5 cm³/mol. The summed E-state index contributed by atoms with van der Waals surface area (Å²) < 4.78 is 1.80. The van der Waals surface area contributed by atoms with Crippen LogP contribution < -0.4 is 11.1 Å². The zero-order chi connectivity index (χ0) is 15.2. The topological polar surface area (TPSA) is 72.9 Å². The lowest BCUT2D eigenvalue weighted by atomic mass is 10.1. The number of rotatable bonds is 6. The van der Waals surface area contributed by atoms with Gasteiger partial charge in [-0.2, -0.15) is 0 Å². The number of imidazole rings is 1. The maximum absolute atomic E-state index is 11.9. The summed E-state index contributed by atoms with van der Waals surface area (Å²) >= 11 is 0. The summed E-state index contributed by atoms with van der Waals surface area (Å²) in [6.07, 6.45) is 3.36. The van der Waals surface area contributed by atoms with Crippen molar-refractivity contribution in [1.82, 2.24) is 14.9 Å². The van der Waals surface area contributed by atoms with E-state index >= 15 is 0 Å². The molecule has 5 heteroatoms. The van der Waals surface area contributed by atoms with Crippen molar-refractivity contribution in [2.45, 2.75) is 26.4 Å². The van der Waals surface area contributed by atoms with Crippen molar-refractivity contribution in [2.24, 2.45) is 11.7 Å². The van der Waals surface area contributed by atoms with Gasteiger partial charge in [-0.3, -0.25) is 4.79 Å². The molecule has 0 bridgehead atoms. The second-order valence-corrected chi connectivity index (χ2v) is 5.53. The first-order valence-corrected chi connectivity index (χ1v) is 7.15. The molecule has 1 atom stereocenters. The third-order valence-corrected chi connectivity index (χ3v) is 3.24. The van der Waals surface area contributed by atoms with E-state index in [1.807, 2.05) is 30.3 Å². The number of carbonyl (C=O) groups excluding carboxylic acids is 1. The molecule has 0 aliphatic rings. The van der Waals surface area contributed by atoms with Crippen LogP contribution in [0.25, 0.3) is 0 Å². The van der Waals surface area contributed by atoms with Gasteiger partial charge in [-0.25, -0.2) is 4.98 Å². The van der Waals surface area contributed by atoms with Crippen molar-refractivity contribution in [2.75, 3.05) is 6.54 Å². The Bertz CT molecular complexity index is 577. The van der Waals surface area contributed by atoms with Crippen molar-refractivity contribution >= 4 is 5.91 Å². The second-order valence-electron chi connectivity index (χ2n) is 5.53. The molecule has 0 aliphatic carbocycles. The molecule has 0 saturated heterocycles. The Kier molecular flexibility index (Phi) is 5.11. The molecule has 0 spiro atoms. The Morgan fingerprint density at radius 3 is 2.71 bits per heavy atom. The fourth-order valence-corrected chi connectivity index (χ4v) is 2.08. The highest BCUT2D eigenvalue weighted by Gasteiger charge is 2.15. The molecule has 3 N–H and O–H groups in total. The summed E-state index contributed by atoms with van der Waals surface area (Å²) in [7, 11) is 0. The average Bonchev–Trinajstić information content (AvgIpc) is 2.93. The third kappa shape index (κ3) is 4.16. The number of benzene rings is 1. The van der Waals surface area contributed by atoms with Crippen LogP contribution in [-0.2, 0) is 11.3 Å². The molecule has 0 aliphatic heterocycles. The molecular formula is C16H22N4O. The molecule has 21 heavy (non-hydrogen) atoms. The maximum Gasteiger partial charge on any atom is 0.239 e. The zero-order valence-corrected chi connectivity index (χ0v) is 12.5. The highest BCUT2D eigenvalue weighted by Crippen LogP contribution is 2.18. The molecule has 1 aromatic carbocycles. The van der Waals surface area contributed by atoms with Crippen LogP contribution in [0.3, 0.4) is 0 Å². The van der Waals surface area contributed by atoms with E-state index in [9.17, 15) is 4.79 Å². The lowest BCUT2D eigenvalue weighted by Crippen LogP contribution is -2.31. The van der Waals surface area contributed by atoms with Gasteiger partial charge in [0.15, 0.2) is 0 Å². The van der Waals surface area contributed by atoms with Crippen LogP contribution in [0.1, 0.15) is 31.1 Å². The van der Waals surface area contributed by atoms with E-state index in [2.05, 4.69) is 24.1 Å². The SMILES string of the molecule is CC(C)CNC(=O)Cn1cncc1C(N)c1ccccc1. The molecule has 1 unspecified atom stereocenters. The van der Waals surface area contributed by atoms with Crippen LogP contribution in [-0.4, -0.2) is 22.0 Å². The molecule has 112 valence electrons. The summed E-state index contributed by atoms with van der Waals surface area (Å²) in [5.74, 6) is 0.408. The van der Waals surface area contributed by atoms with Gasteiger partial charge in [0.2, 0.25) is 5.91 Å². The summed E-state index contributed by atoms with van der Waals surface area (Å²) in [4.78, 5) is 16.0. The number of hydrogen-bond acceptors (Lipinski definition) is 3. The number of nitrogens with two attached hydrogens (primary N) is 1. The van der Waals surface area contributed by atoms with E-state index in [0.717, 1.165) is 11.3 Å². The minimum atomic E-state index is -0.286. The monoisotopic (exact) mass is 286 g/mol. The number of hydrogen-bond donors (Lipinski definition) is 2. The second kappa shape index (κ2) is 7.04. The quantitative estimate of drug-likeness (QED) is 0.849. The molecule has 0 saturated carbocycles. The molecule has 1 aromatic heterocycles. The molecular weight excluding hydrogens is 264 g/mol. The lowest BCUT2D eigenvalue weighted by Gasteiger charge is -2.15. The van der Waals surface area contributed by atoms with Gasteiger partial charge in [-0.1, -0.05) is 44.2 Å². The number of carbonyl (C=O) groups is 1. The van der Waals surface area contributed by atoms with Gasteiger partial charge < -0.3 is 15.6 Å². The fourth-order valence-electron chi connectivity index (χ4n) is 2.08. The van der Waals surface area contributed by atoms with Crippen molar-refractivity contribution < 1.29 is 4.79 Å². The summed E-state index contributed by atoms with van der Waals surface area (Å²) in [5.41, 5.74) is 8.10. The zero-order valence-electron chi connectivity index (χ0n) is 12.5. The van der Waals surface area contributed by atoms with Gasteiger partial charge in [0.1, 0.15) is 6.54 Å². The van der Waals surface area contributed by atoms with E-state index in [-0.39, 0.29) is 18.5 Å². The number of nitrogens with zero attached hydrogens (tertiary/aromatic N) is 2. The first-order chi connectivity index (χ1) is 10.1. The van der Waals surface area contributed by atoms with Crippen molar-refractivity contribution in [3.63, 3.8) is 0 Å². The van der Waals surface area contributed by atoms with Crippen molar-refractivity contribution in [3.8, 4) is 0 Å². The van der Waals surface area contributed by atoms with Crippen LogP contribution in [0.5, 0.6) is 0 Å². The summed E-state index contributed by atoms with van der Waals surface area (Å²) in [5, 5.41) is 2.90. The molecule has 2 aromatic rings. The van der Waals surface area contributed by atoms with Gasteiger partial charge in [-0.05, 0) is 11.5 Å². The molecule has 1 heterocycles. The Balaban J connectivity index is 2.06. The van der Waals surface area contributed by atoms with Crippen molar-refractivity contribution in [1.29, 1.82) is 0 Å². The highest BCUT2D eigenvalue weighted by atomic mass is 16.1. The number of nitrogens with one attached hydrogen (secondary N) is 1. The Labute approximate surface area is 125 Å². The standard InChI is InChI=1S/C16H22N4O/c1-12(2)8-19-15(21)10-20-11-18-9-14(20)16(17)13-6-4-3-5-7-13/h3-7,9,11-12,16H,8,10,17H2,1-2H3,(H,19,21). The average molecular weight is 286 g/mol. The molecule has 1 amide bonds. The Hall–Kier alpha value is -2.14. The minimum Gasteiger partial charge on any atom is -0.354 e. The predicted octanol–water partition coefficient (Wildman–Crippen LogP) is 1.70. The smallest absolute Gasteiger partial charge is 0.239 e. The molecule has 2 rings (SSSR count). The van der Waals surface area contributed by atoms with E-state index in [1.54, 1.807) is 17.1 Å². The van der Waals surface area contributed by atoms with Crippen LogP contribution in [0.15, 0.2) is 42.9 Å². The maximum atomic E-state index is 11.9. The summed E-state index contributed by atoms with van der Waals surface area (Å²) in [6, 6.07) is 9.51. The first-order valence-electron chi connectivity index (χ1n) is 7.15. The van der Waals surface area contributed by atoms with Gasteiger partial charge >= 0.3 is 0 Å². The highest BCUT2D eigenvalue weighted by molar-refractivity contribution is 5.75. The normalized spacial score (nSPS) is 12.4. The van der Waals surface area contributed by atoms with E-state index in [1.165, 1.54) is 0 Å². The fraction of sp³-hybridized carbons (Fsp3) is 0.375. The lowest BCUT2D eigenvalue weighted by molar-refractivity contribution is -0.121. The third-order valence-electron chi connectivity index (χ3n) is 3.24. The van der Waals surface area contributed by atoms with Crippen LogP contribution in [0.2, 0.25) is 0 Å². The van der Waals surface area contributed by atoms with Crippen molar-refractivity contribution in [3.05, 3.63) is 54.1 Å². The van der Waals surface area contributed by atoms with E-state index in [0.29, 0.717) is 12.5 Å². The summed E-state index contributed by atoms with van der Waals surface area (Å²) in [6.45, 7) is 5.04. The minimum absolute atomic E-state index is 0.0248. The Morgan fingerprint density at radius 1 is 1.33 bits per heavy atom. The molecule has 0 fully saturated rings. The molecule has 0 radical (unpaired) electrons. The van der Waals surface area contributed by atoms with Gasteiger partial charge in [0, 0.05) is 6.54 Å². The van der Waals surface area contributed by atoms with Gasteiger partial charge in [0.25, 0.3) is 0 Å². The number of aromatic nitrogens is 2. The van der Waals surface area contributed by atoms with Crippen LogP contribution in [0, 0.1) is 5.92 Å². The largest absolute Gasteiger partial charge is 0.354 e. The van der Waals surface area contributed by atoms with Gasteiger partial charge in [0.05, 0.1) is 24.3 Å². The van der Waals surface area contributed by atoms with E-state index in [4.69, 9.17) is 5.73 Å². The number of amides is 1. The van der Waals surface area contributed by atoms with E-state index < -0.39 is 0 Å². The molecule has 5 nitrogen and oxygen atoms in total. The van der Waals surface area contributed by atoms with Crippen LogP contribution in [0.4, 0.5) is 0 Å². The van der Waals surface area contributed by atoms with Crippen LogP contribution >= 0.6 is 0 Å². The Morgan fingerprint density at radius 2 is 2.05 bits per heavy atom. The first kappa shape index (κ1) is 15.3. The van der Waals surface area contributed by atoms with Gasteiger partial charge in [-0.15, -0.1) is 0 Å².